The minimum absolute atomic E-state index is 0.0230. The Labute approximate surface area is 153 Å². The molecular weight excluding hydrogens is 330 g/mol. The van der Waals surface area contributed by atoms with Gasteiger partial charge in [-0.1, -0.05) is 48.5 Å². The van der Waals surface area contributed by atoms with Crippen molar-refractivity contribution in [3.63, 3.8) is 0 Å². The summed E-state index contributed by atoms with van der Waals surface area (Å²) < 4.78 is 0. The third-order valence-electron chi connectivity index (χ3n) is 5.70. The van der Waals surface area contributed by atoms with E-state index < -0.39 is 0 Å². The van der Waals surface area contributed by atoms with Crippen LogP contribution in [0.3, 0.4) is 0 Å². The highest BCUT2D eigenvalue weighted by molar-refractivity contribution is 6.42. The van der Waals surface area contributed by atoms with Crippen LogP contribution in [0.5, 0.6) is 0 Å². The van der Waals surface area contributed by atoms with Crippen molar-refractivity contribution in [2.45, 2.75) is 0 Å². The molecule has 0 aliphatic rings. The van der Waals surface area contributed by atoms with E-state index in [-0.39, 0.29) is 5.43 Å². The highest BCUT2D eigenvalue weighted by Gasteiger charge is 2.18. The van der Waals surface area contributed by atoms with Crippen LogP contribution in [0.2, 0.25) is 0 Å². The average Bonchev–Trinajstić information content (AvgIpc) is 3.06. The van der Waals surface area contributed by atoms with Gasteiger partial charge in [-0.15, -0.1) is 0 Å². The molecule has 0 saturated carbocycles. The maximum atomic E-state index is 12.1. The molecule has 0 amide bonds. The van der Waals surface area contributed by atoms with Gasteiger partial charge in [0, 0.05) is 10.6 Å². The molecule has 6 aromatic carbocycles. The molecule has 0 atom stereocenters. The molecule has 0 spiro atoms. The summed E-state index contributed by atoms with van der Waals surface area (Å²) in [4.78, 5) is 12.1. The van der Waals surface area contributed by atoms with E-state index in [0.717, 1.165) is 48.3 Å². The van der Waals surface area contributed by atoms with Crippen LogP contribution < -0.4 is 10.6 Å². The fourth-order valence-corrected chi connectivity index (χ4v) is 4.66. The normalized spacial score (nSPS) is 11.9. The second kappa shape index (κ2) is 4.91. The Kier molecular flexibility index (Phi) is 2.63. The van der Waals surface area contributed by atoms with Crippen molar-refractivity contribution in [1.29, 1.82) is 5.41 Å². The molecule has 0 heterocycles. The lowest BCUT2D eigenvalue weighted by Gasteiger charge is -2.07. The van der Waals surface area contributed by atoms with Crippen LogP contribution >= 0.6 is 0 Å². The summed E-state index contributed by atoms with van der Waals surface area (Å²) in [5.41, 5.74) is 0.0230. The Balaban J connectivity index is 2.18. The van der Waals surface area contributed by atoms with Gasteiger partial charge in [0.15, 0.2) is 5.43 Å². The van der Waals surface area contributed by atoms with E-state index in [2.05, 4.69) is 42.3 Å². The maximum Gasteiger partial charge on any atom is 0.179 e. The lowest BCUT2D eigenvalue weighted by atomic mass is 9.95. The van der Waals surface area contributed by atoms with Gasteiger partial charge in [-0.05, 0) is 78.6 Å². The van der Waals surface area contributed by atoms with Crippen LogP contribution in [-0.4, -0.2) is 5.87 Å². The van der Waals surface area contributed by atoms with Gasteiger partial charge in [-0.25, -0.2) is 0 Å². The molecule has 2 heteroatoms. The van der Waals surface area contributed by atoms with Crippen LogP contribution in [0.4, 0.5) is 0 Å². The summed E-state index contributed by atoms with van der Waals surface area (Å²) in [5, 5.41) is 19.8. The topological polar surface area (TPSA) is 40.9 Å². The van der Waals surface area contributed by atoms with E-state index in [9.17, 15) is 4.79 Å². The van der Waals surface area contributed by atoms with Crippen molar-refractivity contribution >= 4 is 59.7 Å². The van der Waals surface area contributed by atoms with Crippen LogP contribution in [0.25, 0.3) is 53.9 Å². The maximum absolute atomic E-state index is 12.1. The van der Waals surface area contributed by atoms with Gasteiger partial charge in [0.1, 0.15) is 0 Å². The Morgan fingerprint density at radius 3 is 2.22 bits per heavy atom. The molecule has 0 fully saturated rings. The van der Waals surface area contributed by atoms with Crippen LogP contribution in [-0.2, 0) is 0 Å². The lowest BCUT2D eigenvalue weighted by molar-refractivity contribution is 1.57. The molecule has 0 saturated heterocycles. The molecule has 27 heavy (non-hydrogen) atoms. The highest BCUT2D eigenvalue weighted by Crippen LogP contribution is 2.44. The van der Waals surface area contributed by atoms with Crippen LogP contribution in [0.15, 0.2) is 77.6 Å². The highest BCUT2D eigenvalue weighted by atomic mass is 16.1. The smallest absolute Gasteiger partial charge is 0.179 e. The van der Waals surface area contributed by atoms with E-state index >= 15 is 0 Å². The summed E-state index contributed by atoms with van der Waals surface area (Å²) in [6, 6.07) is 23.9. The summed E-state index contributed by atoms with van der Waals surface area (Å²) in [6.07, 6.45) is 0. The van der Waals surface area contributed by atoms with Gasteiger partial charge in [-0.3, -0.25) is 10.2 Å². The minimum Gasteiger partial charge on any atom is -0.290 e. The van der Waals surface area contributed by atoms with Gasteiger partial charge >= 0.3 is 0 Å². The Bertz CT molecular complexity index is 1690. The minimum atomic E-state index is 0.0230. The molecule has 0 radical (unpaired) electrons. The molecule has 6 rings (SSSR count). The molecule has 6 aromatic rings. The van der Waals surface area contributed by atoms with E-state index in [1.165, 1.54) is 10.8 Å². The van der Waals surface area contributed by atoms with Gasteiger partial charge in [0.2, 0.25) is 0 Å². The molecule has 124 valence electrons. The fourth-order valence-electron chi connectivity index (χ4n) is 4.66. The van der Waals surface area contributed by atoms with E-state index in [4.69, 9.17) is 5.41 Å². The predicted molar refractivity (Wildman–Crippen MR) is 113 cm³/mol. The number of fused-ring (bicyclic) bond motifs is 8. The predicted octanol–water partition coefficient (Wildman–Crippen LogP) is 4.89. The van der Waals surface area contributed by atoms with Crippen molar-refractivity contribution in [1.82, 2.24) is 0 Å². The second-order valence-electron chi connectivity index (χ2n) is 7.02. The van der Waals surface area contributed by atoms with Gasteiger partial charge in [0.25, 0.3) is 0 Å². The largest absolute Gasteiger partial charge is 0.290 e. The summed E-state index contributed by atoms with van der Waals surface area (Å²) in [7, 11) is 0. The zero-order valence-electron chi connectivity index (χ0n) is 14.3. The molecule has 2 nitrogen and oxygen atoms in total. The molecule has 0 aliphatic carbocycles. The number of hydrogen-bond donors (Lipinski definition) is 1. The van der Waals surface area contributed by atoms with Crippen molar-refractivity contribution in [3.8, 4) is 0 Å². The molecule has 0 unspecified atom stereocenters. The average molecular weight is 343 g/mol. The molecule has 0 aliphatic heterocycles. The monoisotopic (exact) mass is 343 g/mol. The van der Waals surface area contributed by atoms with Crippen LogP contribution in [0, 0.1) is 5.41 Å². The van der Waals surface area contributed by atoms with Crippen molar-refractivity contribution in [3.05, 3.63) is 88.2 Å². The zero-order chi connectivity index (χ0) is 18.1. The van der Waals surface area contributed by atoms with Crippen molar-refractivity contribution in [2.24, 2.45) is 0 Å². The van der Waals surface area contributed by atoms with E-state index in [0.29, 0.717) is 0 Å². The Morgan fingerprint density at radius 2 is 1.37 bits per heavy atom. The SMILES string of the molecule is N=C=c1ccc2cccc3c2c1c1c2ccccc2c2cc(=O)ccc2c31. The summed E-state index contributed by atoms with van der Waals surface area (Å²) in [6.45, 7) is 0. The first-order chi connectivity index (χ1) is 13.3. The van der Waals surface area contributed by atoms with Crippen LogP contribution in [0.1, 0.15) is 0 Å². The number of rotatable bonds is 0. The fraction of sp³-hybridized carbons (Fsp3) is 0. The first kappa shape index (κ1) is 14.4. The second-order valence-corrected chi connectivity index (χ2v) is 7.02. The van der Waals surface area contributed by atoms with Crippen molar-refractivity contribution in [2.75, 3.05) is 0 Å². The lowest BCUT2D eigenvalue weighted by Crippen LogP contribution is -2.02. The third-order valence-corrected chi connectivity index (χ3v) is 5.70. The van der Waals surface area contributed by atoms with Gasteiger partial charge < -0.3 is 0 Å². The molecule has 0 aromatic heterocycles. The quantitative estimate of drug-likeness (QED) is 0.310. The van der Waals surface area contributed by atoms with E-state index in [1.54, 1.807) is 12.1 Å². The Morgan fingerprint density at radius 1 is 0.593 bits per heavy atom. The Hall–Kier alpha value is -3.74. The summed E-state index contributed by atoms with van der Waals surface area (Å²) in [5.74, 6) is 2.63. The number of benzene rings is 5. The molecular formula is C25H13NO. The van der Waals surface area contributed by atoms with E-state index in [1.807, 2.05) is 24.3 Å². The number of hydrogen-bond acceptors (Lipinski definition) is 2. The van der Waals surface area contributed by atoms with Gasteiger partial charge in [-0.2, -0.15) is 0 Å². The molecule has 0 bridgehead atoms. The van der Waals surface area contributed by atoms with Crippen molar-refractivity contribution < 1.29 is 0 Å². The third kappa shape index (κ3) is 1.70. The first-order valence-electron chi connectivity index (χ1n) is 8.92. The number of nitrogens with one attached hydrogen (secondary N) is 1. The standard InChI is InChI=1S/C25H13NO/c26-13-15-9-8-14-4-3-7-20-22(14)23(15)25-18-6-2-1-5-17(18)21-12-16(27)10-11-19(21)24(20)25/h1-12,26H. The molecule has 1 N–H and O–H groups in total. The van der Waals surface area contributed by atoms with Gasteiger partial charge in [0.05, 0.1) is 0 Å². The first-order valence-corrected chi connectivity index (χ1v) is 8.92. The zero-order valence-corrected chi connectivity index (χ0v) is 14.3. The summed E-state index contributed by atoms with van der Waals surface area (Å²) >= 11 is 0.